The molecule has 5 rings (SSSR count). The van der Waals surface area contributed by atoms with Crippen LogP contribution in [0.1, 0.15) is 40.7 Å². The molecule has 1 amide bonds. The Morgan fingerprint density at radius 1 is 1.00 bits per heavy atom. The third-order valence-corrected chi connectivity index (χ3v) is 7.29. The smallest absolute Gasteiger partial charge is 0.254 e. The Morgan fingerprint density at radius 2 is 1.86 bits per heavy atom. The van der Waals surface area contributed by atoms with Crippen LogP contribution >= 0.6 is 0 Å². The molecule has 4 heteroatoms. The molecule has 1 atom stereocenters. The van der Waals surface area contributed by atoms with Crippen LogP contribution < -0.4 is 4.74 Å². The predicted molar refractivity (Wildman–Crippen MR) is 142 cm³/mol. The lowest BCUT2D eigenvalue weighted by molar-refractivity contribution is 0.0759. The van der Waals surface area contributed by atoms with Crippen molar-refractivity contribution in [2.24, 2.45) is 5.92 Å². The van der Waals surface area contributed by atoms with Crippen molar-refractivity contribution in [1.82, 2.24) is 9.88 Å². The second kappa shape index (κ2) is 10.3. The van der Waals surface area contributed by atoms with Crippen molar-refractivity contribution in [3.63, 3.8) is 0 Å². The Hall–Kier alpha value is -3.66. The van der Waals surface area contributed by atoms with Crippen LogP contribution in [0.25, 0.3) is 22.0 Å². The lowest BCUT2D eigenvalue weighted by atomic mass is 9.92. The number of rotatable bonds is 5. The largest absolute Gasteiger partial charge is 0.497 e. The van der Waals surface area contributed by atoms with Gasteiger partial charge in [-0.25, -0.2) is 0 Å². The van der Waals surface area contributed by atoms with E-state index < -0.39 is 0 Å². The fourth-order valence-electron chi connectivity index (χ4n) is 5.28. The molecule has 0 saturated carbocycles. The summed E-state index contributed by atoms with van der Waals surface area (Å²) in [6.07, 6.45) is 6.13. The van der Waals surface area contributed by atoms with Crippen LogP contribution in [-0.2, 0) is 6.42 Å². The molecule has 1 unspecified atom stereocenters. The van der Waals surface area contributed by atoms with E-state index in [0.717, 1.165) is 72.3 Å². The van der Waals surface area contributed by atoms with Crippen LogP contribution in [0.15, 0.2) is 79.0 Å². The highest BCUT2D eigenvalue weighted by Gasteiger charge is 2.23. The molecule has 3 aromatic carbocycles. The molecule has 4 aromatic rings. The molecule has 178 valence electrons. The van der Waals surface area contributed by atoms with E-state index in [4.69, 9.17) is 4.74 Å². The van der Waals surface area contributed by atoms with Gasteiger partial charge in [0.2, 0.25) is 0 Å². The first-order valence-electron chi connectivity index (χ1n) is 12.5. The maximum atomic E-state index is 13.6. The Labute approximate surface area is 207 Å². The third kappa shape index (κ3) is 5.07. The number of amides is 1. The van der Waals surface area contributed by atoms with Crippen LogP contribution in [0.5, 0.6) is 5.75 Å². The number of aromatic nitrogens is 1. The Bertz CT molecular complexity index is 1330. The van der Waals surface area contributed by atoms with E-state index in [2.05, 4.69) is 59.3 Å². The van der Waals surface area contributed by atoms with Gasteiger partial charge in [0.15, 0.2) is 0 Å². The number of ether oxygens (including phenoxy) is 1. The lowest BCUT2D eigenvalue weighted by Gasteiger charge is -2.22. The van der Waals surface area contributed by atoms with Gasteiger partial charge in [0.1, 0.15) is 5.75 Å². The van der Waals surface area contributed by atoms with Gasteiger partial charge in [0, 0.05) is 30.2 Å². The molecule has 0 bridgehead atoms. The zero-order chi connectivity index (χ0) is 24.2. The summed E-state index contributed by atoms with van der Waals surface area (Å²) in [5.74, 6) is 1.57. The molecule has 0 spiro atoms. The summed E-state index contributed by atoms with van der Waals surface area (Å²) >= 11 is 0. The summed E-state index contributed by atoms with van der Waals surface area (Å²) in [6.45, 7) is 3.69. The summed E-state index contributed by atoms with van der Waals surface area (Å²) in [5, 5.41) is 1.20. The minimum Gasteiger partial charge on any atom is -0.497 e. The van der Waals surface area contributed by atoms with Crippen LogP contribution in [0.3, 0.4) is 0 Å². The molecule has 1 aliphatic heterocycles. The number of pyridine rings is 1. The van der Waals surface area contributed by atoms with E-state index in [-0.39, 0.29) is 5.91 Å². The third-order valence-electron chi connectivity index (χ3n) is 7.29. The zero-order valence-electron chi connectivity index (χ0n) is 20.5. The summed E-state index contributed by atoms with van der Waals surface area (Å²) < 4.78 is 5.29. The maximum absolute atomic E-state index is 13.6. The molecule has 0 radical (unpaired) electrons. The SMILES string of the molecule is COc1ccc(-c2cccc(C(=O)N3CCCC(Cc4ccc5ncccc5c4)CC3)c2C)cc1. The van der Waals surface area contributed by atoms with Gasteiger partial charge in [0.05, 0.1) is 12.6 Å². The Balaban J connectivity index is 1.28. The number of carbonyl (C=O) groups excluding carboxylic acids is 1. The van der Waals surface area contributed by atoms with Crippen molar-refractivity contribution in [2.75, 3.05) is 20.2 Å². The number of nitrogens with zero attached hydrogens (tertiary/aromatic N) is 2. The molecular formula is C31H32N2O2. The van der Waals surface area contributed by atoms with E-state index in [1.54, 1.807) is 7.11 Å². The number of fused-ring (bicyclic) bond motifs is 1. The number of methoxy groups -OCH3 is 1. The summed E-state index contributed by atoms with van der Waals surface area (Å²) in [5.41, 5.74) is 6.43. The highest BCUT2D eigenvalue weighted by atomic mass is 16.5. The zero-order valence-corrected chi connectivity index (χ0v) is 20.5. The molecule has 0 N–H and O–H groups in total. The van der Waals surface area contributed by atoms with Crippen molar-refractivity contribution in [1.29, 1.82) is 0 Å². The van der Waals surface area contributed by atoms with Gasteiger partial charge >= 0.3 is 0 Å². The molecule has 1 fully saturated rings. The number of benzene rings is 3. The molecular weight excluding hydrogens is 432 g/mol. The Kier molecular flexibility index (Phi) is 6.80. The van der Waals surface area contributed by atoms with Crippen molar-refractivity contribution >= 4 is 16.8 Å². The van der Waals surface area contributed by atoms with E-state index >= 15 is 0 Å². The van der Waals surface area contributed by atoms with Gasteiger partial charge in [-0.15, -0.1) is 0 Å². The van der Waals surface area contributed by atoms with Crippen LogP contribution in [0.4, 0.5) is 0 Å². The van der Waals surface area contributed by atoms with Gasteiger partial charge in [0.25, 0.3) is 5.91 Å². The average molecular weight is 465 g/mol. The fourth-order valence-corrected chi connectivity index (χ4v) is 5.28. The van der Waals surface area contributed by atoms with Gasteiger partial charge in [-0.05, 0) is 97.2 Å². The monoisotopic (exact) mass is 464 g/mol. The summed E-state index contributed by atoms with van der Waals surface area (Å²) in [7, 11) is 1.67. The van der Waals surface area contributed by atoms with Crippen molar-refractivity contribution < 1.29 is 9.53 Å². The van der Waals surface area contributed by atoms with E-state index in [1.807, 2.05) is 36.5 Å². The number of hydrogen-bond acceptors (Lipinski definition) is 3. The summed E-state index contributed by atoms with van der Waals surface area (Å²) in [4.78, 5) is 20.1. The van der Waals surface area contributed by atoms with Crippen molar-refractivity contribution in [3.05, 3.63) is 95.7 Å². The molecule has 0 aliphatic carbocycles. The number of carbonyl (C=O) groups is 1. The highest BCUT2D eigenvalue weighted by Crippen LogP contribution is 2.29. The standard InChI is InChI=1S/C31H32N2O2/c1-22-28(25-11-13-27(35-2)14-12-25)8-3-9-29(22)31(34)33-18-5-6-23(16-19-33)20-24-10-15-30-26(21-24)7-4-17-32-30/h3-4,7-15,17,21,23H,5-6,16,18-20H2,1-2H3. The van der Waals surface area contributed by atoms with Gasteiger partial charge in [-0.2, -0.15) is 0 Å². The number of hydrogen-bond donors (Lipinski definition) is 0. The minimum absolute atomic E-state index is 0.148. The van der Waals surface area contributed by atoms with E-state index in [9.17, 15) is 4.79 Å². The van der Waals surface area contributed by atoms with Crippen LogP contribution in [-0.4, -0.2) is 36.0 Å². The quantitative estimate of drug-likeness (QED) is 0.330. The second-order valence-electron chi connectivity index (χ2n) is 9.53. The first-order chi connectivity index (χ1) is 17.1. The molecule has 1 aliphatic rings. The Morgan fingerprint density at radius 3 is 2.69 bits per heavy atom. The normalized spacial score (nSPS) is 16.2. The first kappa shape index (κ1) is 23.1. The first-order valence-corrected chi connectivity index (χ1v) is 12.5. The molecule has 4 nitrogen and oxygen atoms in total. The van der Waals surface area contributed by atoms with Crippen molar-refractivity contribution in [3.8, 4) is 16.9 Å². The summed E-state index contributed by atoms with van der Waals surface area (Å²) in [6, 6.07) is 24.8. The predicted octanol–water partition coefficient (Wildman–Crippen LogP) is 6.70. The fraction of sp³-hybridized carbons (Fsp3) is 0.290. The molecule has 2 heterocycles. The van der Waals surface area contributed by atoms with E-state index in [0.29, 0.717) is 5.92 Å². The van der Waals surface area contributed by atoms with Crippen LogP contribution in [0, 0.1) is 12.8 Å². The maximum Gasteiger partial charge on any atom is 0.254 e. The lowest BCUT2D eigenvalue weighted by Crippen LogP contribution is -2.32. The molecule has 1 aromatic heterocycles. The number of likely N-dealkylation sites (tertiary alicyclic amines) is 1. The highest BCUT2D eigenvalue weighted by molar-refractivity contribution is 5.97. The van der Waals surface area contributed by atoms with Gasteiger partial charge < -0.3 is 9.64 Å². The van der Waals surface area contributed by atoms with Gasteiger partial charge in [-0.3, -0.25) is 9.78 Å². The van der Waals surface area contributed by atoms with Crippen LogP contribution in [0.2, 0.25) is 0 Å². The molecule has 1 saturated heterocycles. The van der Waals surface area contributed by atoms with Crippen molar-refractivity contribution in [2.45, 2.75) is 32.6 Å². The van der Waals surface area contributed by atoms with E-state index in [1.165, 1.54) is 10.9 Å². The minimum atomic E-state index is 0.148. The second-order valence-corrected chi connectivity index (χ2v) is 9.53. The van der Waals surface area contributed by atoms with Gasteiger partial charge in [-0.1, -0.05) is 36.4 Å². The average Bonchev–Trinajstić information content (AvgIpc) is 3.14. The molecule has 35 heavy (non-hydrogen) atoms. The topological polar surface area (TPSA) is 42.4 Å².